The second kappa shape index (κ2) is 8.38. The van der Waals surface area contributed by atoms with Gasteiger partial charge in [0.1, 0.15) is 17.3 Å². The molecular formula is C23H27N3O2S. The fraction of sp³-hybridized carbons (Fsp3) is 0.478. The molecule has 152 valence electrons. The molecule has 5 rings (SSSR count). The Bertz CT molecular complexity index is 961. The largest absolute Gasteiger partial charge is 0.378 e. The number of thiophene rings is 1. The molecule has 1 unspecified atom stereocenters. The fourth-order valence-electron chi connectivity index (χ4n) is 4.68. The molecule has 0 N–H and O–H groups in total. The van der Waals surface area contributed by atoms with E-state index in [1.54, 1.807) is 18.4 Å². The summed E-state index contributed by atoms with van der Waals surface area (Å²) in [5.74, 6) is 2.51. The van der Waals surface area contributed by atoms with Crippen LogP contribution < -0.4 is 4.90 Å². The maximum absolute atomic E-state index is 5.96. The topological polar surface area (TPSA) is 47.5 Å². The normalized spacial score (nSPS) is 20.6. The summed E-state index contributed by atoms with van der Waals surface area (Å²) in [6.45, 7) is 3.42. The molecule has 4 heterocycles. The smallest absolute Gasteiger partial charge is 0.158 e. The Labute approximate surface area is 175 Å². The molecule has 1 atom stereocenters. The summed E-state index contributed by atoms with van der Waals surface area (Å²) >= 11 is 1.69. The first-order valence-corrected chi connectivity index (χ1v) is 11.4. The molecule has 0 bridgehead atoms. The summed E-state index contributed by atoms with van der Waals surface area (Å²) in [6, 6.07) is 10.6. The highest BCUT2D eigenvalue weighted by Crippen LogP contribution is 2.40. The van der Waals surface area contributed by atoms with Crippen LogP contribution in [0.4, 0.5) is 5.82 Å². The van der Waals surface area contributed by atoms with E-state index in [2.05, 4.69) is 40.6 Å². The van der Waals surface area contributed by atoms with Crippen LogP contribution in [0, 0.1) is 5.92 Å². The van der Waals surface area contributed by atoms with Crippen LogP contribution in [0.1, 0.15) is 31.5 Å². The molecule has 5 nitrogen and oxygen atoms in total. The number of anilines is 1. The van der Waals surface area contributed by atoms with Crippen molar-refractivity contribution in [3.8, 4) is 11.1 Å². The van der Waals surface area contributed by atoms with Crippen LogP contribution in [0.2, 0.25) is 0 Å². The number of aromatic nitrogens is 2. The van der Waals surface area contributed by atoms with Gasteiger partial charge in [-0.1, -0.05) is 30.3 Å². The molecule has 2 saturated heterocycles. The van der Waals surface area contributed by atoms with Crippen molar-refractivity contribution in [2.24, 2.45) is 5.92 Å². The van der Waals surface area contributed by atoms with E-state index in [4.69, 9.17) is 19.4 Å². The van der Waals surface area contributed by atoms with Gasteiger partial charge < -0.3 is 14.4 Å². The van der Waals surface area contributed by atoms with Gasteiger partial charge in [0, 0.05) is 37.7 Å². The second-order valence-electron chi connectivity index (χ2n) is 7.97. The molecular weight excluding hydrogens is 382 g/mol. The van der Waals surface area contributed by atoms with Crippen LogP contribution in [0.15, 0.2) is 35.7 Å². The number of hydrogen-bond acceptors (Lipinski definition) is 6. The molecule has 2 aromatic heterocycles. The number of rotatable bonds is 5. The maximum atomic E-state index is 5.96. The third kappa shape index (κ3) is 3.77. The van der Waals surface area contributed by atoms with Gasteiger partial charge in [0.25, 0.3) is 0 Å². The number of fused-ring (bicyclic) bond motifs is 1. The van der Waals surface area contributed by atoms with Crippen LogP contribution in [-0.4, -0.2) is 42.9 Å². The molecule has 6 heteroatoms. The summed E-state index contributed by atoms with van der Waals surface area (Å²) in [4.78, 5) is 13.2. The zero-order chi connectivity index (χ0) is 19.6. The fourth-order valence-corrected chi connectivity index (χ4v) is 5.64. The number of nitrogens with zero attached hydrogens (tertiary/aromatic N) is 3. The highest BCUT2D eigenvalue weighted by molar-refractivity contribution is 7.17. The molecule has 2 aliphatic rings. The van der Waals surface area contributed by atoms with Crippen molar-refractivity contribution in [2.75, 3.05) is 31.7 Å². The first-order chi connectivity index (χ1) is 14.3. The molecule has 2 fully saturated rings. The van der Waals surface area contributed by atoms with Crippen molar-refractivity contribution in [1.29, 1.82) is 0 Å². The van der Waals surface area contributed by atoms with Crippen LogP contribution >= 0.6 is 11.3 Å². The average molecular weight is 410 g/mol. The van der Waals surface area contributed by atoms with Gasteiger partial charge in [-0.05, 0) is 37.2 Å². The lowest BCUT2D eigenvalue weighted by Crippen LogP contribution is -2.38. The van der Waals surface area contributed by atoms with Crippen LogP contribution in [-0.2, 0) is 16.1 Å². The zero-order valence-corrected chi connectivity index (χ0v) is 17.7. The van der Waals surface area contributed by atoms with Crippen molar-refractivity contribution in [3.63, 3.8) is 0 Å². The number of methoxy groups -OCH3 is 1. The lowest BCUT2D eigenvalue weighted by atomic mass is 9.89. The van der Waals surface area contributed by atoms with E-state index in [0.717, 1.165) is 36.2 Å². The van der Waals surface area contributed by atoms with Gasteiger partial charge in [-0.15, -0.1) is 11.3 Å². The quantitative estimate of drug-likeness (QED) is 0.600. The molecule has 3 aromatic rings. The lowest BCUT2D eigenvalue weighted by molar-refractivity contribution is 0.0531. The van der Waals surface area contributed by atoms with Crippen LogP contribution in [0.25, 0.3) is 21.3 Å². The number of ether oxygens (including phenoxy) is 2. The average Bonchev–Trinajstić information content (AvgIpc) is 3.45. The second-order valence-corrected chi connectivity index (χ2v) is 8.83. The molecule has 0 spiro atoms. The summed E-state index contributed by atoms with van der Waals surface area (Å²) in [5, 5.41) is 3.39. The van der Waals surface area contributed by atoms with Gasteiger partial charge in [0.2, 0.25) is 0 Å². The van der Waals surface area contributed by atoms with Gasteiger partial charge in [-0.25, -0.2) is 9.97 Å². The van der Waals surface area contributed by atoms with E-state index in [1.165, 1.54) is 42.2 Å². The molecule has 0 amide bonds. The van der Waals surface area contributed by atoms with Crippen LogP contribution in [0.3, 0.4) is 0 Å². The van der Waals surface area contributed by atoms with Crippen molar-refractivity contribution >= 4 is 27.4 Å². The van der Waals surface area contributed by atoms with E-state index < -0.39 is 0 Å². The zero-order valence-electron chi connectivity index (χ0n) is 16.8. The summed E-state index contributed by atoms with van der Waals surface area (Å²) in [5.41, 5.74) is 2.45. The first kappa shape index (κ1) is 19.0. The lowest BCUT2D eigenvalue weighted by Gasteiger charge is -2.35. The minimum atomic E-state index is 0.438. The van der Waals surface area contributed by atoms with E-state index in [-0.39, 0.29) is 0 Å². The Morgan fingerprint density at radius 3 is 2.69 bits per heavy atom. The Kier molecular flexibility index (Phi) is 5.48. The SMILES string of the molecule is COCc1nc(N2CCC(C3CCCO3)CC2)c2c(-c3ccccc3)csc2n1. The Morgan fingerprint density at radius 2 is 1.97 bits per heavy atom. The van der Waals surface area contributed by atoms with Crippen molar-refractivity contribution in [3.05, 3.63) is 41.5 Å². The number of piperidine rings is 1. The highest BCUT2D eigenvalue weighted by Gasteiger charge is 2.31. The number of hydrogen-bond donors (Lipinski definition) is 0. The first-order valence-electron chi connectivity index (χ1n) is 10.5. The van der Waals surface area contributed by atoms with Gasteiger partial charge in [-0.2, -0.15) is 0 Å². The molecule has 0 radical (unpaired) electrons. The summed E-state index contributed by atoms with van der Waals surface area (Å²) in [7, 11) is 1.70. The van der Waals surface area contributed by atoms with Crippen LogP contribution in [0.5, 0.6) is 0 Å². The Balaban J connectivity index is 1.50. The van der Waals surface area contributed by atoms with E-state index in [9.17, 15) is 0 Å². The van der Waals surface area contributed by atoms with Gasteiger partial charge in [-0.3, -0.25) is 0 Å². The monoisotopic (exact) mass is 409 g/mol. The third-order valence-electron chi connectivity index (χ3n) is 6.15. The summed E-state index contributed by atoms with van der Waals surface area (Å²) in [6.07, 6.45) is 5.24. The van der Waals surface area contributed by atoms with E-state index in [1.807, 2.05) is 0 Å². The molecule has 0 aliphatic carbocycles. The van der Waals surface area contributed by atoms with Gasteiger partial charge in [0.15, 0.2) is 5.82 Å². The van der Waals surface area contributed by atoms with Crippen molar-refractivity contribution in [1.82, 2.24) is 9.97 Å². The molecule has 2 aliphatic heterocycles. The Morgan fingerprint density at radius 1 is 1.14 bits per heavy atom. The van der Waals surface area contributed by atoms with Crippen molar-refractivity contribution in [2.45, 2.75) is 38.4 Å². The van der Waals surface area contributed by atoms with Gasteiger partial charge >= 0.3 is 0 Å². The highest BCUT2D eigenvalue weighted by atomic mass is 32.1. The molecule has 0 saturated carbocycles. The predicted octanol–water partition coefficient (Wildman–Crippen LogP) is 4.90. The number of benzene rings is 1. The minimum absolute atomic E-state index is 0.438. The van der Waals surface area contributed by atoms with Crippen molar-refractivity contribution < 1.29 is 9.47 Å². The predicted molar refractivity (Wildman–Crippen MR) is 117 cm³/mol. The molecule has 29 heavy (non-hydrogen) atoms. The van der Waals surface area contributed by atoms with Gasteiger partial charge in [0.05, 0.1) is 11.5 Å². The molecule has 1 aromatic carbocycles. The Hall–Kier alpha value is -2.02. The standard InChI is InChI=1S/C23H27N3O2S/c1-27-14-20-24-22(26-11-9-17(10-12-26)19-8-5-13-28-19)21-18(15-29-23(21)25-20)16-6-3-2-4-7-16/h2-4,6-7,15,17,19H,5,8-14H2,1H3. The maximum Gasteiger partial charge on any atom is 0.158 e. The summed E-state index contributed by atoms with van der Waals surface area (Å²) < 4.78 is 11.3. The van der Waals surface area contributed by atoms with E-state index >= 15 is 0 Å². The van der Waals surface area contributed by atoms with E-state index in [0.29, 0.717) is 18.6 Å². The third-order valence-corrected chi connectivity index (χ3v) is 7.02. The minimum Gasteiger partial charge on any atom is -0.378 e.